The maximum Gasteiger partial charge on any atom is 0.153 e. The van der Waals surface area contributed by atoms with E-state index in [-0.39, 0.29) is 11.3 Å². The minimum atomic E-state index is -0.541. The summed E-state index contributed by atoms with van der Waals surface area (Å²) in [5, 5.41) is 1.29. The molecule has 2 aromatic carbocycles. The van der Waals surface area contributed by atoms with Gasteiger partial charge in [-0.2, -0.15) is 0 Å². The van der Waals surface area contributed by atoms with E-state index in [0.29, 0.717) is 22.6 Å². The molecule has 0 amide bonds. The summed E-state index contributed by atoms with van der Waals surface area (Å²) >= 11 is 6.10. The Hall–Kier alpha value is -2.46. The van der Waals surface area contributed by atoms with E-state index in [0.717, 1.165) is 11.5 Å². The molecule has 3 aromatic rings. The first-order valence-electron chi connectivity index (χ1n) is 6.14. The molecule has 21 heavy (non-hydrogen) atoms. The Morgan fingerprint density at radius 2 is 2.05 bits per heavy atom. The second-order valence-electron chi connectivity index (χ2n) is 4.39. The summed E-state index contributed by atoms with van der Waals surface area (Å²) in [7, 11) is 0. The topological polar surface area (TPSA) is 39.2 Å². The third-order valence-electron chi connectivity index (χ3n) is 2.94. The molecule has 5 heteroatoms. The average molecular weight is 302 g/mol. The van der Waals surface area contributed by atoms with Gasteiger partial charge in [0.15, 0.2) is 5.75 Å². The molecular weight excluding hydrogens is 293 g/mol. The number of fused-ring (bicyclic) bond motifs is 1. The van der Waals surface area contributed by atoms with Crippen LogP contribution in [0.1, 0.15) is 10.4 Å². The van der Waals surface area contributed by atoms with E-state index in [1.807, 2.05) is 6.07 Å². The van der Waals surface area contributed by atoms with Gasteiger partial charge in [-0.15, -0.1) is 0 Å². The molecular formula is C16H9ClFNO2. The minimum Gasteiger partial charge on any atom is -0.455 e. The Labute approximate surface area is 124 Å². The lowest BCUT2D eigenvalue weighted by Crippen LogP contribution is -1.91. The van der Waals surface area contributed by atoms with Crippen LogP contribution in [0.5, 0.6) is 11.5 Å². The van der Waals surface area contributed by atoms with E-state index in [2.05, 4.69) is 4.98 Å². The van der Waals surface area contributed by atoms with Crippen molar-refractivity contribution in [3.05, 3.63) is 65.1 Å². The van der Waals surface area contributed by atoms with Crippen LogP contribution in [0.3, 0.4) is 0 Å². The van der Waals surface area contributed by atoms with Crippen molar-refractivity contribution in [2.24, 2.45) is 0 Å². The zero-order valence-corrected chi connectivity index (χ0v) is 11.5. The Bertz CT molecular complexity index is 836. The number of hydrogen-bond donors (Lipinski definition) is 0. The normalized spacial score (nSPS) is 10.6. The van der Waals surface area contributed by atoms with Gasteiger partial charge in [0.25, 0.3) is 0 Å². The van der Waals surface area contributed by atoms with E-state index in [1.54, 1.807) is 24.4 Å². The lowest BCUT2D eigenvalue weighted by molar-refractivity contribution is 0.112. The third-order valence-corrected chi connectivity index (χ3v) is 3.27. The summed E-state index contributed by atoms with van der Waals surface area (Å²) in [6.07, 6.45) is 2.18. The zero-order valence-electron chi connectivity index (χ0n) is 10.7. The highest BCUT2D eigenvalue weighted by atomic mass is 35.5. The Balaban J connectivity index is 2.08. The number of halogens is 2. The van der Waals surface area contributed by atoms with Crippen LogP contribution in [0.4, 0.5) is 4.39 Å². The van der Waals surface area contributed by atoms with Gasteiger partial charge in [-0.1, -0.05) is 11.6 Å². The van der Waals surface area contributed by atoms with Gasteiger partial charge in [0.05, 0.1) is 5.02 Å². The van der Waals surface area contributed by atoms with Gasteiger partial charge in [-0.25, -0.2) is 4.39 Å². The molecule has 0 aliphatic heterocycles. The summed E-state index contributed by atoms with van der Waals surface area (Å²) in [5.41, 5.74) is 0.776. The summed E-state index contributed by atoms with van der Waals surface area (Å²) in [5.74, 6) is 0.129. The molecule has 0 spiro atoms. The molecule has 0 atom stereocenters. The van der Waals surface area contributed by atoms with Crippen LogP contribution in [0.25, 0.3) is 10.9 Å². The van der Waals surface area contributed by atoms with Gasteiger partial charge in [-0.3, -0.25) is 9.78 Å². The number of pyridine rings is 1. The smallest absolute Gasteiger partial charge is 0.153 e. The fourth-order valence-corrected chi connectivity index (χ4v) is 2.25. The first kappa shape index (κ1) is 13.5. The molecule has 104 valence electrons. The maximum absolute atomic E-state index is 13.4. The van der Waals surface area contributed by atoms with Crippen LogP contribution in [-0.2, 0) is 0 Å². The number of rotatable bonds is 3. The van der Waals surface area contributed by atoms with Crippen LogP contribution in [0.15, 0.2) is 48.7 Å². The lowest BCUT2D eigenvalue weighted by Gasteiger charge is -2.09. The largest absolute Gasteiger partial charge is 0.455 e. The third kappa shape index (κ3) is 2.71. The number of carbonyl (C=O) groups excluding carboxylic acids is 1. The van der Waals surface area contributed by atoms with Gasteiger partial charge in [-0.05, 0) is 36.4 Å². The predicted molar refractivity (Wildman–Crippen MR) is 78.6 cm³/mol. The number of aldehydes is 1. The Morgan fingerprint density at radius 3 is 2.86 bits per heavy atom. The molecule has 0 radical (unpaired) electrons. The van der Waals surface area contributed by atoms with Gasteiger partial charge < -0.3 is 4.74 Å². The molecule has 0 saturated carbocycles. The SMILES string of the molecule is O=Cc1cc(F)cc(Oc2ccc(Cl)c3cccnc23)c1. The molecule has 0 unspecified atom stereocenters. The van der Waals surface area contributed by atoms with E-state index in [9.17, 15) is 9.18 Å². The zero-order chi connectivity index (χ0) is 14.8. The molecule has 3 rings (SSSR count). The lowest BCUT2D eigenvalue weighted by atomic mass is 10.2. The molecule has 1 heterocycles. The molecule has 0 bridgehead atoms. The highest BCUT2D eigenvalue weighted by Crippen LogP contribution is 2.33. The number of ether oxygens (including phenoxy) is 1. The molecule has 0 aliphatic carbocycles. The number of aromatic nitrogens is 1. The van der Waals surface area contributed by atoms with Crippen molar-refractivity contribution in [1.29, 1.82) is 0 Å². The second-order valence-corrected chi connectivity index (χ2v) is 4.79. The monoisotopic (exact) mass is 301 g/mol. The van der Waals surface area contributed by atoms with E-state index >= 15 is 0 Å². The number of benzene rings is 2. The van der Waals surface area contributed by atoms with Crippen molar-refractivity contribution in [3.8, 4) is 11.5 Å². The number of nitrogens with zero attached hydrogens (tertiary/aromatic N) is 1. The first-order chi connectivity index (χ1) is 10.2. The summed E-state index contributed by atoms with van der Waals surface area (Å²) in [6.45, 7) is 0. The van der Waals surface area contributed by atoms with Crippen molar-refractivity contribution in [2.45, 2.75) is 0 Å². The number of hydrogen-bond acceptors (Lipinski definition) is 3. The molecule has 0 fully saturated rings. The molecule has 1 aromatic heterocycles. The maximum atomic E-state index is 13.4. The first-order valence-corrected chi connectivity index (χ1v) is 6.52. The highest BCUT2D eigenvalue weighted by Gasteiger charge is 2.09. The summed E-state index contributed by atoms with van der Waals surface area (Å²) in [4.78, 5) is 15.0. The number of carbonyl (C=O) groups is 1. The van der Waals surface area contributed by atoms with Crippen LogP contribution in [-0.4, -0.2) is 11.3 Å². The Morgan fingerprint density at radius 1 is 1.19 bits per heavy atom. The fourth-order valence-electron chi connectivity index (χ4n) is 2.03. The van der Waals surface area contributed by atoms with Crippen LogP contribution in [0.2, 0.25) is 5.02 Å². The van der Waals surface area contributed by atoms with Crippen molar-refractivity contribution in [3.63, 3.8) is 0 Å². The highest BCUT2D eigenvalue weighted by molar-refractivity contribution is 6.35. The van der Waals surface area contributed by atoms with Crippen molar-refractivity contribution >= 4 is 28.8 Å². The minimum absolute atomic E-state index is 0.205. The van der Waals surface area contributed by atoms with Gasteiger partial charge in [0.1, 0.15) is 23.4 Å². The van der Waals surface area contributed by atoms with Gasteiger partial charge >= 0.3 is 0 Å². The van der Waals surface area contributed by atoms with Crippen LogP contribution < -0.4 is 4.74 Å². The van der Waals surface area contributed by atoms with Crippen LogP contribution >= 0.6 is 11.6 Å². The quantitative estimate of drug-likeness (QED) is 0.662. The van der Waals surface area contributed by atoms with E-state index in [1.165, 1.54) is 12.1 Å². The van der Waals surface area contributed by atoms with Gasteiger partial charge in [0.2, 0.25) is 0 Å². The molecule has 0 N–H and O–H groups in total. The van der Waals surface area contributed by atoms with Gasteiger partial charge in [0, 0.05) is 23.2 Å². The van der Waals surface area contributed by atoms with Crippen molar-refractivity contribution in [1.82, 2.24) is 4.98 Å². The Kier molecular flexibility index (Phi) is 3.54. The van der Waals surface area contributed by atoms with Crippen LogP contribution in [0, 0.1) is 5.82 Å². The van der Waals surface area contributed by atoms with E-state index < -0.39 is 5.82 Å². The molecule has 0 saturated heterocycles. The summed E-state index contributed by atoms with van der Waals surface area (Å²) < 4.78 is 19.1. The summed E-state index contributed by atoms with van der Waals surface area (Å²) in [6, 6.07) is 10.7. The molecule has 3 nitrogen and oxygen atoms in total. The fraction of sp³-hybridized carbons (Fsp3) is 0. The van der Waals surface area contributed by atoms with E-state index in [4.69, 9.17) is 16.3 Å². The standard InChI is InChI=1S/C16H9ClFNO2/c17-14-3-4-15(16-13(14)2-1-5-19-16)21-12-7-10(9-20)6-11(18)8-12/h1-9H. The molecule has 0 aliphatic rings. The van der Waals surface area contributed by atoms with Crippen molar-refractivity contribution < 1.29 is 13.9 Å². The average Bonchev–Trinajstić information content (AvgIpc) is 2.50. The predicted octanol–water partition coefficient (Wildman–Crippen LogP) is 4.63. The van der Waals surface area contributed by atoms with Crippen molar-refractivity contribution in [2.75, 3.05) is 0 Å². The second kappa shape index (κ2) is 5.50.